The third kappa shape index (κ3) is 3.88. The first kappa shape index (κ1) is 16.5. The van der Waals surface area contributed by atoms with Crippen molar-refractivity contribution in [2.75, 3.05) is 32.6 Å². The predicted octanol–water partition coefficient (Wildman–Crippen LogP) is -1.11. The van der Waals surface area contributed by atoms with Crippen LogP contribution < -0.4 is 11.1 Å². The maximum absolute atomic E-state index is 12.1. The van der Waals surface area contributed by atoms with E-state index >= 15 is 0 Å². The van der Waals surface area contributed by atoms with E-state index in [1.54, 1.807) is 16.7 Å². The minimum absolute atomic E-state index is 0.0732. The summed E-state index contributed by atoms with van der Waals surface area (Å²) in [5.74, 6) is 0.384. The fraction of sp³-hybridized carbons (Fsp3) is 0.846. The van der Waals surface area contributed by atoms with Crippen LogP contribution >= 0.6 is 11.8 Å². The Hall–Kier alpha value is -0.830. The molecule has 0 aliphatic carbocycles. The van der Waals surface area contributed by atoms with Crippen LogP contribution in [0.5, 0.6) is 0 Å². The number of aliphatic hydroxyl groups is 1. The second kappa shape index (κ2) is 6.95. The van der Waals surface area contributed by atoms with Crippen molar-refractivity contribution in [2.24, 2.45) is 5.73 Å². The molecule has 7 nitrogen and oxygen atoms in total. The summed E-state index contributed by atoms with van der Waals surface area (Å²) in [6, 6.07) is -0.776. The van der Waals surface area contributed by atoms with Crippen molar-refractivity contribution < 1.29 is 19.4 Å². The lowest BCUT2D eigenvalue weighted by atomic mass is 10.0. The third-order valence-corrected chi connectivity index (χ3v) is 5.52. The van der Waals surface area contributed by atoms with E-state index in [4.69, 9.17) is 15.6 Å². The molecule has 4 N–H and O–H groups in total. The minimum atomic E-state index is -0.850. The van der Waals surface area contributed by atoms with E-state index in [-0.39, 0.29) is 29.4 Å². The Balaban J connectivity index is 1.94. The van der Waals surface area contributed by atoms with Crippen molar-refractivity contribution >= 4 is 23.6 Å². The van der Waals surface area contributed by atoms with Gasteiger partial charge in [-0.25, -0.2) is 0 Å². The highest BCUT2D eigenvalue weighted by Gasteiger charge is 2.44. The van der Waals surface area contributed by atoms with Gasteiger partial charge in [0.05, 0.1) is 25.0 Å². The summed E-state index contributed by atoms with van der Waals surface area (Å²) in [6.07, 6.45) is 2.18. The summed E-state index contributed by atoms with van der Waals surface area (Å²) in [5, 5.41) is 12.5. The van der Waals surface area contributed by atoms with Crippen LogP contribution in [0.15, 0.2) is 0 Å². The fourth-order valence-electron chi connectivity index (χ4n) is 2.87. The van der Waals surface area contributed by atoms with E-state index in [1.165, 1.54) is 7.11 Å². The standard InChI is InChI=1S/C13H23N3O4S/c1-20-11(18)5-9-7-21-13(15-9)3-2-4-16(8-13)12(19)10(14)6-17/h9-10,15,17H,2-8,14H2,1H3/t9-,10+,13?/m1/s1. The van der Waals surface area contributed by atoms with Gasteiger partial charge in [-0.1, -0.05) is 0 Å². The second-order valence-corrected chi connectivity index (χ2v) is 6.98. The Morgan fingerprint density at radius 1 is 1.62 bits per heavy atom. The van der Waals surface area contributed by atoms with Crippen LogP contribution in [0, 0.1) is 0 Å². The quantitative estimate of drug-likeness (QED) is 0.565. The van der Waals surface area contributed by atoms with Crippen LogP contribution in [0.1, 0.15) is 19.3 Å². The van der Waals surface area contributed by atoms with Gasteiger partial charge in [-0.15, -0.1) is 11.8 Å². The molecule has 0 aromatic heterocycles. The SMILES string of the molecule is COC(=O)C[C@@H]1CSC2(CCCN(C(=O)[C@@H](N)CO)C2)N1. The Morgan fingerprint density at radius 3 is 3.05 bits per heavy atom. The smallest absolute Gasteiger partial charge is 0.307 e. The van der Waals surface area contributed by atoms with Gasteiger partial charge in [-0.05, 0) is 12.8 Å². The zero-order valence-electron chi connectivity index (χ0n) is 12.2. The largest absolute Gasteiger partial charge is 0.469 e. The van der Waals surface area contributed by atoms with Crippen molar-refractivity contribution in [3.63, 3.8) is 0 Å². The van der Waals surface area contributed by atoms with Crippen LogP contribution in [-0.2, 0) is 14.3 Å². The molecule has 2 aliphatic heterocycles. The monoisotopic (exact) mass is 317 g/mol. The Morgan fingerprint density at radius 2 is 2.38 bits per heavy atom. The molecule has 0 saturated carbocycles. The Labute approximate surface area is 128 Å². The number of nitrogens with zero attached hydrogens (tertiary/aromatic N) is 1. The highest BCUT2D eigenvalue weighted by molar-refractivity contribution is 8.00. The normalized spacial score (nSPS) is 30.4. The number of nitrogens with two attached hydrogens (primary N) is 1. The van der Waals surface area contributed by atoms with Crippen LogP contribution in [0.2, 0.25) is 0 Å². The summed E-state index contributed by atoms with van der Waals surface area (Å²) in [4.78, 5) is 25.0. The molecule has 0 bridgehead atoms. The third-order valence-electron chi connectivity index (χ3n) is 3.95. The van der Waals surface area contributed by atoms with Gasteiger partial charge in [0.1, 0.15) is 6.04 Å². The van der Waals surface area contributed by atoms with Gasteiger partial charge in [-0.3, -0.25) is 14.9 Å². The molecule has 120 valence electrons. The van der Waals surface area contributed by atoms with Gasteiger partial charge in [0.25, 0.3) is 0 Å². The first-order valence-electron chi connectivity index (χ1n) is 7.13. The second-order valence-electron chi connectivity index (χ2n) is 5.58. The maximum Gasteiger partial charge on any atom is 0.307 e. The van der Waals surface area contributed by atoms with Gasteiger partial charge in [0.15, 0.2) is 0 Å². The topological polar surface area (TPSA) is 105 Å². The van der Waals surface area contributed by atoms with Crippen molar-refractivity contribution in [1.29, 1.82) is 0 Å². The first-order valence-corrected chi connectivity index (χ1v) is 8.12. The molecular weight excluding hydrogens is 294 g/mol. The lowest BCUT2D eigenvalue weighted by molar-refractivity contribution is -0.141. The molecule has 1 unspecified atom stereocenters. The van der Waals surface area contributed by atoms with Crippen molar-refractivity contribution in [3.05, 3.63) is 0 Å². The average molecular weight is 317 g/mol. The predicted molar refractivity (Wildman–Crippen MR) is 79.6 cm³/mol. The summed E-state index contributed by atoms with van der Waals surface area (Å²) >= 11 is 1.75. The zero-order chi connectivity index (χ0) is 15.5. The number of hydrogen-bond donors (Lipinski definition) is 3. The number of likely N-dealkylation sites (tertiary alicyclic amines) is 1. The minimum Gasteiger partial charge on any atom is -0.469 e. The number of rotatable bonds is 4. The molecule has 21 heavy (non-hydrogen) atoms. The molecule has 3 atom stereocenters. The molecular formula is C13H23N3O4S. The number of piperidine rings is 1. The summed E-state index contributed by atoms with van der Waals surface area (Å²) < 4.78 is 4.70. The van der Waals surface area contributed by atoms with E-state index < -0.39 is 6.04 Å². The first-order chi connectivity index (χ1) is 9.99. The Kier molecular flexibility index (Phi) is 5.48. The number of ether oxygens (including phenoxy) is 1. The molecule has 1 amide bonds. The fourth-order valence-corrected chi connectivity index (χ4v) is 4.38. The molecule has 0 radical (unpaired) electrons. The molecule has 0 aromatic carbocycles. The summed E-state index contributed by atoms with van der Waals surface area (Å²) in [7, 11) is 1.39. The summed E-state index contributed by atoms with van der Waals surface area (Å²) in [5.41, 5.74) is 5.62. The van der Waals surface area contributed by atoms with Crippen LogP contribution in [0.25, 0.3) is 0 Å². The number of carbonyl (C=O) groups is 2. The van der Waals surface area contributed by atoms with E-state index in [0.717, 1.165) is 18.6 Å². The lowest BCUT2D eigenvalue weighted by Gasteiger charge is -2.41. The van der Waals surface area contributed by atoms with E-state index in [1.807, 2.05) is 0 Å². The number of esters is 1. The highest BCUT2D eigenvalue weighted by atomic mass is 32.2. The molecule has 2 heterocycles. The number of hydrogen-bond acceptors (Lipinski definition) is 7. The van der Waals surface area contributed by atoms with Gasteiger partial charge >= 0.3 is 5.97 Å². The molecule has 8 heteroatoms. The molecule has 0 aromatic rings. The molecule has 1 spiro atoms. The lowest BCUT2D eigenvalue weighted by Crippen LogP contribution is -2.58. The van der Waals surface area contributed by atoms with Crippen LogP contribution in [0.4, 0.5) is 0 Å². The van der Waals surface area contributed by atoms with Gasteiger partial charge in [0, 0.05) is 24.9 Å². The molecule has 2 aliphatic rings. The van der Waals surface area contributed by atoms with Crippen molar-refractivity contribution in [2.45, 2.75) is 36.2 Å². The zero-order valence-corrected chi connectivity index (χ0v) is 13.0. The van der Waals surface area contributed by atoms with Gasteiger partial charge < -0.3 is 20.5 Å². The Bertz CT molecular complexity index is 409. The van der Waals surface area contributed by atoms with E-state index in [0.29, 0.717) is 19.5 Å². The van der Waals surface area contributed by atoms with Gasteiger partial charge in [0.2, 0.25) is 5.91 Å². The van der Waals surface area contributed by atoms with E-state index in [9.17, 15) is 9.59 Å². The van der Waals surface area contributed by atoms with Crippen molar-refractivity contribution in [3.8, 4) is 0 Å². The molecule has 2 saturated heterocycles. The average Bonchev–Trinajstić information content (AvgIpc) is 2.87. The van der Waals surface area contributed by atoms with Crippen LogP contribution in [0.3, 0.4) is 0 Å². The molecule has 2 rings (SSSR count). The maximum atomic E-state index is 12.1. The van der Waals surface area contributed by atoms with Gasteiger partial charge in [-0.2, -0.15) is 0 Å². The van der Waals surface area contributed by atoms with Crippen LogP contribution in [-0.4, -0.2) is 71.4 Å². The number of aliphatic hydroxyl groups excluding tert-OH is 1. The summed E-state index contributed by atoms with van der Waals surface area (Å²) in [6.45, 7) is 0.883. The number of methoxy groups -OCH3 is 1. The number of carbonyl (C=O) groups excluding carboxylic acids is 2. The molecule has 2 fully saturated rings. The number of thioether (sulfide) groups is 1. The van der Waals surface area contributed by atoms with Crippen molar-refractivity contribution in [1.82, 2.24) is 10.2 Å². The number of amides is 1. The van der Waals surface area contributed by atoms with E-state index in [2.05, 4.69) is 5.32 Å². The highest BCUT2D eigenvalue weighted by Crippen LogP contribution is 2.38. The number of nitrogens with one attached hydrogen (secondary N) is 1.